The van der Waals surface area contributed by atoms with Gasteiger partial charge in [-0.3, -0.25) is 4.79 Å². The van der Waals surface area contributed by atoms with E-state index in [9.17, 15) is 9.90 Å². The van der Waals surface area contributed by atoms with Crippen LogP contribution in [0.4, 0.5) is 0 Å². The molecule has 0 aliphatic carbocycles. The Labute approximate surface area is 107 Å². The molecule has 2 atom stereocenters. The van der Waals surface area contributed by atoms with Crippen molar-refractivity contribution in [2.45, 2.75) is 18.9 Å². The number of hydrogen-bond donors (Lipinski definition) is 2. The van der Waals surface area contributed by atoms with E-state index in [1.165, 1.54) is 0 Å². The van der Waals surface area contributed by atoms with Crippen LogP contribution in [0.15, 0.2) is 30.3 Å². The highest BCUT2D eigenvalue weighted by Crippen LogP contribution is 2.21. The molecule has 1 aromatic carbocycles. The maximum Gasteiger partial charge on any atom is 0.223 e. The minimum atomic E-state index is -0.128. The summed E-state index contributed by atoms with van der Waals surface area (Å²) in [5.41, 5.74) is 6.75. The van der Waals surface area contributed by atoms with Gasteiger partial charge in [0.2, 0.25) is 5.91 Å². The highest BCUT2D eigenvalue weighted by atomic mass is 16.3. The Morgan fingerprint density at radius 2 is 2.11 bits per heavy atom. The van der Waals surface area contributed by atoms with Gasteiger partial charge in [0, 0.05) is 13.0 Å². The third-order valence-electron chi connectivity index (χ3n) is 3.54. The lowest BCUT2D eigenvalue weighted by Crippen LogP contribution is -2.41. The second-order valence-electron chi connectivity index (χ2n) is 4.88. The number of hydrogen-bond acceptors (Lipinski definition) is 3. The van der Waals surface area contributed by atoms with Gasteiger partial charge in [-0.15, -0.1) is 0 Å². The molecule has 2 rings (SSSR count). The van der Waals surface area contributed by atoms with Gasteiger partial charge in [0.25, 0.3) is 0 Å². The van der Waals surface area contributed by atoms with Gasteiger partial charge in [-0.1, -0.05) is 30.3 Å². The molecule has 1 aliphatic rings. The number of carbonyl (C=O) groups is 1. The summed E-state index contributed by atoms with van der Waals surface area (Å²) in [6.45, 7) is 1.21. The Morgan fingerprint density at radius 1 is 1.39 bits per heavy atom. The molecule has 0 spiro atoms. The number of amides is 1. The van der Waals surface area contributed by atoms with Crippen LogP contribution in [-0.2, 0) is 11.2 Å². The molecular formula is C14H20N2O2. The van der Waals surface area contributed by atoms with Gasteiger partial charge in [-0.05, 0) is 24.4 Å². The van der Waals surface area contributed by atoms with Crippen LogP contribution in [0.2, 0.25) is 0 Å². The first kappa shape index (κ1) is 13.1. The minimum Gasteiger partial charge on any atom is -0.394 e. The molecule has 98 valence electrons. The summed E-state index contributed by atoms with van der Waals surface area (Å²) in [5, 5.41) is 9.50. The van der Waals surface area contributed by atoms with Crippen LogP contribution >= 0.6 is 0 Å². The SMILES string of the molecule is NCC1CC(=O)N([C@@H](CO)Cc2ccccc2)C1. The van der Waals surface area contributed by atoms with Gasteiger partial charge < -0.3 is 15.7 Å². The molecule has 0 aromatic heterocycles. The largest absolute Gasteiger partial charge is 0.394 e. The predicted molar refractivity (Wildman–Crippen MR) is 69.9 cm³/mol. The van der Waals surface area contributed by atoms with Crippen LogP contribution in [0, 0.1) is 5.92 Å². The van der Waals surface area contributed by atoms with Crippen molar-refractivity contribution in [2.24, 2.45) is 11.7 Å². The van der Waals surface area contributed by atoms with Crippen LogP contribution in [0.5, 0.6) is 0 Å². The number of aliphatic hydroxyl groups is 1. The molecule has 4 heteroatoms. The molecule has 1 fully saturated rings. The van der Waals surface area contributed by atoms with E-state index in [0.29, 0.717) is 25.9 Å². The average Bonchev–Trinajstić information content (AvgIpc) is 2.78. The monoisotopic (exact) mass is 248 g/mol. The van der Waals surface area contributed by atoms with E-state index >= 15 is 0 Å². The molecule has 1 saturated heterocycles. The number of nitrogens with zero attached hydrogens (tertiary/aromatic N) is 1. The lowest BCUT2D eigenvalue weighted by Gasteiger charge is -2.26. The first-order chi connectivity index (χ1) is 8.74. The van der Waals surface area contributed by atoms with Gasteiger partial charge in [0.05, 0.1) is 12.6 Å². The zero-order valence-corrected chi connectivity index (χ0v) is 10.5. The van der Waals surface area contributed by atoms with E-state index in [1.54, 1.807) is 4.90 Å². The molecule has 1 heterocycles. The van der Waals surface area contributed by atoms with Gasteiger partial charge in [-0.2, -0.15) is 0 Å². The standard InChI is InChI=1S/C14H20N2O2/c15-8-12-7-14(18)16(9-12)13(10-17)6-11-4-2-1-3-5-11/h1-5,12-13,17H,6-10,15H2/t12?,13-/m1/s1. The first-order valence-electron chi connectivity index (χ1n) is 6.39. The third kappa shape index (κ3) is 2.89. The molecule has 1 aromatic rings. The van der Waals surface area contributed by atoms with Crippen LogP contribution in [0.3, 0.4) is 0 Å². The zero-order valence-electron chi connectivity index (χ0n) is 10.5. The second kappa shape index (κ2) is 5.98. The van der Waals surface area contributed by atoms with E-state index in [2.05, 4.69) is 0 Å². The Morgan fingerprint density at radius 3 is 2.67 bits per heavy atom. The van der Waals surface area contributed by atoms with Crippen molar-refractivity contribution in [3.8, 4) is 0 Å². The minimum absolute atomic E-state index is 0.00206. The van der Waals surface area contributed by atoms with Crippen molar-refractivity contribution < 1.29 is 9.90 Å². The fourth-order valence-corrected chi connectivity index (χ4v) is 2.48. The van der Waals surface area contributed by atoms with E-state index in [4.69, 9.17) is 5.73 Å². The maximum absolute atomic E-state index is 11.9. The number of benzene rings is 1. The fourth-order valence-electron chi connectivity index (χ4n) is 2.48. The fraction of sp³-hybridized carbons (Fsp3) is 0.500. The van der Waals surface area contributed by atoms with Crippen molar-refractivity contribution in [2.75, 3.05) is 19.7 Å². The summed E-state index contributed by atoms with van der Waals surface area (Å²) in [4.78, 5) is 13.7. The molecule has 1 amide bonds. The molecule has 3 N–H and O–H groups in total. The number of carbonyl (C=O) groups excluding carboxylic acids is 1. The van der Waals surface area contributed by atoms with E-state index < -0.39 is 0 Å². The van der Waals surface area contributed by atoms with Gasteiger partial charge in [0.15, 0.2) is 0 Å². The van der Waals surface area contributed by atoms with Crippen molar-refractivity contribution in [1.82, 2.24) is 4.90 Å². The van der Waals surface area contributed by atoms with Crippen molar-refractivity contribution in [3.63, 3.8) is 0 Å². The summed E-state index contributed by atoms with van der Waals surface area (Å²) in [5.74, 6) is 0.350. The lowest BCUT2D eigenvalue weighted by atomic mass is 10.1. The third-order valence-corrected chi connectivity index (χ3v) is 3.54. The smallest absolute Gasteiger partial charge is 0.223 e. The Kier molecular flexibility index (Phi) is 4.33. The summed E-state index contributed by atoms with van der Waals surface area (Å²) in [7, 11) is 0. The number of rotatable bonds is 5. The van der Waals surface area contributed by atoms with E-state index in [1.807, 2.05) is 30.3 Å². The van der Waals surface area contributed by atoms with Crippen LogP contribution < -0.4 is 5.73 Å². The Balaban J connectivity index is 2.03. The lowest BCUT2D eigenvalue weighted by molar-refractivity contribution is -0.130. The number of aliphatic hydroxyl groups excluding tert-OH is 1. The molecule has 1 aliphatic heterocycles. The summed E-state index contributed by atoms with van der Waals surface area (Å²) in [6.07, 6.45) is 1.21. The van der Waals surface area contributed by atoms with Crippen molar-refractivity contribution in [1.29, 1.82) is 0 Å². The Bertz CT molecular complexity index is 394. The first-order valence-corrected chi connectivity index (χ1v) is 6.39. The van der Waals surface area contributed by atoms with Crippen molar-refractivity contribution >= 4 is 5.91 Å². The molecular weight excluding hydrogens is 228 g/mol. The quantitative estimate of drug-likeness (QED) is 0.792. The molecule has 18 heavy (non-hydrogen) atoms. The summed E-state index contributed by atoms with van der Waals surface area (Å²) < 4.78 is 0. The van der Waals surface area contributed by atoms with Crippen LogP contribution in [0.1, 0.15) is 12.0 Å². The molecule has 0 radical (unpaired) electrons. The zero-order chi connectivity index (χ0) is 13.0. The average molecular weight is 248 g/mol. The summed E-state index contributed by atoms with van der Waals surface area (Å²) in [6, 6.07) is 9.81. The normalized spacial score (nSPS) is 21.3. The predicted octanol–water partition coefficient (Wildman–Crippen LogP) is 0.397. The van der Waals surface area contributed by atoms with Crippen LogP contribution in [-0.4, -0.2) is 41.7 Å². The number of likely N-dealkylation sites (tertiary alicyclic amines) is 1. The molecule has 1 unspecified atom stereocenters. The molecule has 0 bridgehead atoms. The van der Waals surface area contributed by atoms with Gasteiger partial charge in [0.1, 0.15) is 0 Å². The highest BCUT2D eigenvalue weighted by molar-refractivity contribution is 5.79. The van der Waals surface area contributed by atoms with E-state index in [-0.39, 0.29) is 24.5 Å². The van der Waals surface area contributed by atoms with Gasteiger partial charge in [-0.25, -0.2) is 0 Å². The van der Waals surface area contributed by atoms with E-state index in [0.717, 1.165) is 5.56 Å². The van der Waals surface area contributed by atoms with Crippen molar-refractivity contribution in [3.05, 3.63) is 35.9 Å². The Hall–Kier alpha value is -1.39. The molecule has 4 nitrogen and oxygen atoms in total. The highest BCUT2D eigenvalue weighted by Gasteiger charge is 2.33. The maximum atomic E-state index is 11.9. The topological polar surface area (TPSA) is 66.6 Å². The van der Waals surface area contributed by atoms with Crippen LogP contribution in [0.25, 0.3) is 0 Å². The number of nitrogens with two attached hydrogens (primary N) is 1. The second-order valence-corrected chi connectivity index (χ2v) is 4.88. The molecule has 0 saturated carbocycles. The summed E-state index contributed by atoms with van der Waals surface area (Å²) >= 11 is 0. The van der Waals surface area contributed by atoms with Gasteiger partial charge >= 0.3 is 0 Å².